The highest BCUT2D eigenvalue weighted by Gasteiger charge is 2.39. The van der Waals surface area contributed by atoms with Gasteiger partial charge in [-0.15, -0.1) is 0 Å². The Morgan fingerprint density at radius 1 is 1.07 bits per heavy atom. The van der Waals surface area contributed by atoms with Crippen molar-refractivity contribution in [2.45, 2.75) is 76.3 Å². The van der Waals surface area contributed by atoms with Crippen LogP contribution in [-0.2, 0) is 4.79 Å². The molecule has 1 aromatic carbocycles. The van der Waals surface area contributed by atoms with Gasteiger partial charge in [0.1, 0.15) is 5.75 Å². The second-order valence-electron chi connectivity index (χ2n) is 8.06. The summed E-state index contributed by atoms with van der Waals surface area (Å²) in [6.45, 7) is 0. The second-order valence-corrected chi connectivity index (χ2v) is 9.07. The summed E-state index contributed by atoms with van der Waals surface area (Å²) in [4.78, 5) is 21.2. The predicted octanol–water partition coefficient (Wildman–Crippen LogP) is 5.63. The molecule has 1 amide bonds. The minimum Gasteiger partial charge on any atom is -0.497 e. The Kier molecular flexibility index (Phi) is 6.40. The van der Waals surface area contributed by atoms with Crippen LogP contribution in [0, 0.1) is 0 Å². The SMILES string of the molecule is COc1cccc(C=C2SC(=NC3CCCCC3)N(C3CCCCC3)C2=O)c1. The van der Waals surface area contributed by atoms with Gasteiger partial charge in [0, 0.05) is 6.04 Å². The number of thioether (sulfide) groups is 1. The first-order valence-corrected chi connectivity index (χ1v) is 11.5. The van der Waals surface area contributed by atoms with Crippen LogP contribution in [0.3, 0.4) is 0 Å². The number of aliphatic imine (C=N–C) groups is 1. The van der Waals surface area contributed by atoms with E-state index in [0.29, 0.717) is 12.1 Å². The fourth-order valence-electron chi connectivity index (χ4n) is 4.49. The number of ether oxygens (including phenoxy) is 1. The Hall–Kier alpha value is -1.75. The van der Waals surface area contributed by atoms with Crippen molar-refractivity contribution in [2.75, 3.05) is 7.11 Å². The number of amides is 1. The van der Waals surface area contributed by atoms with E-state index in [4.69, 9.17) is 9.73 Å². The lowest BCUT2D eigenvalue weighted by Crippen LogP contribution is -2.41. The van der Waals surface area contributed by atoms with Gasteiger partial charge in [0.25, 0.3) is 5.91 Å². The molecule has 150 valence electrons. The third kappa shape index (κ3) is 4.45. The highest BCUT2D eigenvalue weighted by Crippen LogP contribution is 2.38. The predicted molar refractivity (Wildman–Crippen MR) is 117 cm³/mol. The highest BCUT2D eigenvalue weighted by atomic mass is 32.2. The van der Waals surface area contributed by atoms with E-state index in [9.17, 15) is 4.79 Å². The molecule has 3 aliphatic rings. The second kappa shape index (κ2) is 9.17. The van der Waals surface area contributed by atoms with Crippen LogP contribution in [0.4, 0.5) is 0 Å². The van der Waals surface area contributed by atoms with Crippen LogP contribution in [0.15, 0.2) is 34.2 Å². The molecule has 1 aromatic rings. The van der Waals surface area contributed by atoms with Crippen molar-refractivity contribution in [3.05, 3.63) is 34.7 Å². The first kappa shape index (κ1) is 19.6. The van der Waals surface area contributed by atoms with E-state index in [1.54, 1.807) is 18.9 Å². The minimum absolute atomic E-state index is 0.134. The van der Waals surface area contributed by atoms with Gasteiger partial charge in [-0.1, -0.05) is 50.7 Å². The quantitative estimate of drug-likeness (QED) is 0.617. The number of benzene rings is 1. The molecular formula is C23H30N2O2S. The van der Waals surface area contributed by atoms with Crippen LogP contribution >= 0.6 is 11.8 Å². The molecule has 5 heteroatoms. The molecule has 0 N–H and O–H groups in total. The maximum absolute atomic E-state index is 13.3. The first-order valence-electron chi connectivity index (χ1n) is 10.7. The van der Waals surface area contributed by atoms with Crippen molar-refractivity contribution in [3.63, 3.8) is 0 Å². The lowest BCUT2D eigenvalue weighted by Gasteiger charge is -2.31. The van der Waals surface area contributed by atoms with Gasteiger partial charge >= 0.3 is 0 Å². The zero-order chi connectivity index (χ0) is 19.3. The molecule has 0 atom stereocenters. The van der Waals surface area contributed by atoms with E-state index < -0.39 is 0 Å². The summed E-state index contributed by atoms with van der Waals surface area (Å²) in [6.07, 6.45) is 14.1. The summed E-state index contributed by atoms with van der Waals surface area (Å²) in [5.74, 6) is 0.944. The lowest BCUT2D eigenvalue weighted by molar-refractivity contribution is -0.124. The molecule has 1 saturated heterocycles. The zero-order valence-corrected chi connectivity index (χ0v) is 17.5. The van der Waals surface area contributed by atoms with Gasteiger partial charge in [0.15, 0.2) is 5.17 Å². The van der Waals surface area contributed by atoms with Gasteiger partial charge in [-0.05, 0) is 61.2 Å². The van der Waals surface area contributed by atoms with Crippen molar-refractivity contribution in [1.82, 2.24) is 4.90 Å². The van der Waals surface area contributed by atoms with Gasteiger partial charge in [-0.3, -0.25) is 14.7 Å². The molecule has 0 radical (unpaired) electrons. The van der Waals surface area contributed by atoms with Gasteiger partial charge in [-0.2, -0.15) is 0 Å². The Bertz CT molecular complexity index is 762. The monoisotopic (exact) mass is 398 g/mol. The van der Waals surface area contributed by atoms with Crippen LogP contribution < -0.4 is 4.74 Å². The van der Waals surface area contributed by atoms with Gasteiger partial charge in [0.05, 0.1) is 18.1 Å². The molecule has 0 spiro atoms. The molecule has 3 fully saturated rings. The summed E-state index contributed by atoms with van der Waals surface area (Å²) in [5.41, 5.74) is 0.998. The molecular weight excluding hydrogens is 368 g/mol. The zero-order valence-electron chi connectivity index (χ0n) is 16.7. The van der Waals surface area contributed by atoms with Crippen LogP contribution in [0.5, 0.6) is 5.75 Å². The highest BCUT2D eigenvalue weighted by molar-refractivity contribution is 8.18. The number of hydrogen-bond acceptors (Lipinski definition) is 4. The standard InChI is InChI=1S/C23H30N2O2S/c1-27-20-14-8-9-17(15-20)16-21-22(26)25(19-12-6-3-7-13-19)23(28-21)24-18-10-4-2-5-11-18/h8-9,14-16,18-19H,2-7,10-13H2,1H3. The van der Waals surface area contributed by atoms with Crippen molar-refractivity contribution < 1.29 is 9.53 Å². The molecule has 4 rings (SSSR count). The van der Waals surface area contributed by atoms with Gasteiger partial charge in [0.2, 0.25) is 0 Å². The number of rotatable bonds is 4. The molecule has 1 heterocycles. The van der Waals surface area contributed by atoms with E-state index in [1.807, 2.05) is 35.2 Å². The fourth-order valence-corrected chi connectivity index (χ4v) is 5.60. The van der Waals surface area contributed by atoms with E-state index in [1.165, 1.54) is 38.5 Å². The molecule has 2 saturated carbocycles. The summed E-state index contributed by atoms with van der Waals surface area (Å²) in [6, 6.07) is 8.58. The van der Waals surface area contributed by atoms with E-state index >= 15 is 0 Å². The largest absolute Gasteiger partial charge is 0.497 e. The first-order chi connectivity index (χ1) is 13.7. The van der Waals surface area contributed by atoms with Gasteiger partial charge < -0.3 is 4.74 Å². The van der Waals surface area contributed by atoms with Crippen molar-refractivity contribution in [3.8, 4) is 5.75 Å². The smallest absolute Gasteiger partial charge is 0.266 e. The Balaban J connectivity index is 1.62. The van der Waals surface area contributed by atoms with E-state index in [-0.39, 0.29) is 5.91 Å². The minimum atomic E-state index is 0.134. The third-order valence-corrected chi connectivity index (χ3v) is 7.03. The summed E-state index contributed by atoms with van der Waals surface area (Å²) >= 11 is 1.57. The van der Waals surface area contributed by atoms with Crippen LogP contribution in [-0.4, -0.2) is 35.2 Å². The normalized spacial score (nSPS) is 25.0. The average molecular weight is 399 g/mol. The van der Waals surface area contributed by atoms with Crippen molar-refractivity contribution in [1.29, 1.82) is 0 Å². The topological polar surface area (TPSA) is 41.9 Å². The molecule has 0 aromatic heterocycles. The molecule has 4 nitrogen and oxygen atoms in total. The number of methoxy groups -OCH3 is 1. The Labute approximate surface area is 172 Å². The molecule has 0 bridgehead atoms. The average Bonchev–Trinajstić information content (AvgIpc) is 3.04. The fraction of sp³-hybridized carbons (Fsp3) is 0.565. The molecule has 0 unspecified atom stereocenters. The van der Waals surface area contributed by atoms with Crippen molar-refractivity contribution >= 4 is 28.9 Å². The molecule has 1 aliphatic heterocycles. The number of hydrogen-bond donors (Lipinski definition) is 0. The van der Waals surface area contributed by atoms with E-state index in [0.717, 1.165) is 47.1 Å². The number of carbonyl (C=O) groups is 1. The maximum Gasteiger partial charge on any atom is 0.266 e. The summed E-state index contributed by atoms with van der Waals surface area (Å²) < 4.78 is 5.33. The van der Waals surface area contributed by atoms with E-state index in [2.05, 4.69) is 0 Å². The molecule has 28 heavy (non-hydrogen) atoms. The molecule has 2 aliphatic carbocycles. The van der Waals surface area contributed by atoms with Crippen LogP contribution in [0.2, 0.25) is 0 Å². The number of carbonyl (C=O) groups excluding carboxylic acids is 1. The third-order valence-electron chi connectivity index (χ3n) is 6.04. The van der Waals surface area contributed by atoms with Gasteiger partial charge in [-0.25, -0.2) is 0 Å². The summed E-state index contributed by atoms with van der Waals surface area (Å²) in [7, 11) is 1.67. The number of amidine groups is 1. The summed E-state index contributed by atoms with van der Waals surface area (Å²) in [5, 5.41) is 0.943. The Morgan fingerprint density at radius 3 is 2.50 bits per heavy atom. The number of nitrogens with zero attached hydrogens (tertiary/aromatic N) is 2. The van der Waals surface area contributed by atoms with Crippen LogP contribution in [0.25, 0.3) is 6.08 Å². The Morgan fingerprint density at radius 2 is 1.79 bits per heavy atom. The maximum atomic E-state index is 13.3. The van der Waals surface area contributed by atoms with Crippen LogP contribution in [0.1, 0.15) is 69.8 Å². The lowest BCUT2D eigenvalue weighted by atomic mass is 9.94. The van der Waals surface area contributed by atoms with Crippen molar-refractivity contribution in [2.24, 2.45) is 4.99 Å².